The highest BCUT2D eigenvalue weighted by molar-refractivity contribution is 5.98. The number of benzene rings is 5. The molecule has 0 bridgehead atoms. The summed E-state index contributed by atoms with van der Waals surface area (Å²) in [4.78, 5) is 47.0. The molecular formula is C66H97F2N17O3. The molecular weight excluding hydrogens is 1120 g/mol. The van der Waals surface area contributed by atoms with Crippen molar-refractivity contribution in [1.82, 2.24) is 65.7 Å². The van der Waals surface area contributed by atoms with E-state index in [4.69, 9.17) is 5.73 Å². The number of carbonyl (C=O) groups excluding carboxylic acids is 3. The molecule has 20 nitrogen and oxygen atoms in total. The predicted octanol–water partition coefficient (Wildman–Crippen LogP) is 10.2. The monoisotopic (exact) mass is 1210 g/mol. The molecule has 88 heavy (non-hydrogen) atoms. The molecule has 7 aromatic rings. The second-order valence-corrected chi connectivity index (χ2v) is 24.1. The van der Waals surface area contributed by atoms with Crippen molar-refractivity contribution in [3.05, 3.63) is 149 Å². The van der Waals surface area contributed by atoms with Gasteiger partial charge in [0.05, 0.1) is 0 Å². The van der Waals surface area contributed by atoms with Gasteiger partial charge in [0.1, 0.15) is 11.6 Å². The number of urea groups is 2. The lowest BCUT2D eigenvalue weighted by Crippen LogP contribution is -2.46. The van der Waals surface area contributed by atoms with Crippen LogP contribution in [-0.4, -0.2) is 164 Å². The summed E-state index contributed by atoms with van der Waals surface area (Å²) in [5.74, 6) is 2.53. The Balaban J connectivity index is 0.000000302. The largest absolute Gasteiger partial charge is 0.367 e. The zero-order chi connectivity index (χ0) is 61.4. The van der Waals surface area contributed by atoms with E-state index >= 15 is 0 Å². The van der Waals surface area contributed by atoms with Crippen molar-refractivity contribution >= 4 is 34.9 Å². The number of para-hydroxylation sites is 1. The summed E-state index contributed by atoms with van der Waals surface area (Å²) in [5.41, 5.74) is 15.9. The minimum Gasteiger partial charge on any atom is -0.367 e. The number of hydrogen-bond donors (Lipinski definition) is 5. The molecule has 5 aliphatic rings. The van der Waals surface area contributed by atoms with Crippen molar-refractivity contribution in [1.29, 1.82) is 0 Å². The number of nitrogens with two attached hydrogens (primary N) is 1. The summed E-state index contributed by atoms with van der Waals surface area (Å²) in [6.45, 7) is 14.4. The van der Waals surface area contributed by atoms with Crippen molar-refractivity contribution in [2.24, 2.45) is 31.7 Å². The van der Waals surface area contributed by atoms with Crippen LogP contribution < -0.4 is 31.9 Å². The van der Waals surface area contributed by atoms with E-state index < -0.39 is 0 Å². The number of rotatable bonds is 20. The molecule has 3 fully saturated rings. The standard InChI is InChI=1S/C26H32FN7O2.C24H30FN7O.C16H23N3.6H2/c1-18(35)21-14-22(25-30-31-32-33(25)2)16-24(15-21)29-26(36)28-10-4-12-34-11-3-5-20(17-34)13-19-6-8-23(27)9-7-19;1-31-23(28-29-30-31)20-6-2-7-22(16-20)27-24(33)26-12-4-14-32-13-3-5-19(17-32)15-18-8-10-21(25)11-9-18;17-7-2-8-18-9-6-15-14(11-18)13-4-1-3-12-5-10-19(15)16(12)13;;;;;;/h6-9,14-16,20H,3-5,10-13,17H2,1-2H3,(H2,28,29,36);2,6-11,16,19H,3-5,12-15,17H2,1H3,(H2,26,27,33);1,3-4,14-15H,2,5-11,17H2;6*1H/t20-;19-;14-,15-;;;;;;/m000....../s1. The zero-order valence-electron chi connectivity index (χ0n) is 51.1. The molecule has 0 unspecified atom stereocenters. The Labute approximate surface area is 523 Å². The molecule has 12 rings (SSSR count). The minimum atomic E-state index is -0.328. The lowest BCUT2D eigenvalue weighted by atomic mass is 9.88. The van der Waals surface area contributed by atoms with Gasteiger partial charge in [-0.2, -0.15) is 0 Å². The van der Waals surface area contributed by atoms with Crippen LogP contribution in [0.5, 0.6) is 0 Å². The molecule has 2 aromatic heterocycles. The first kappa shape index (κ1) is 63.0. The summed E-state index contributed by atoms with van der Waals surface area (Å²) in [7, 11) is 3.48. The summed E-state index contributed by atoms with van der Waals surface area (Å²) in [5, 5.41) is 34.5. The van der Waals surface area contributed by atoms with Gasteiger partial charge in [0.25, 0.3) is 0 Å². The number of fused-ring (bicyclic) bond motifs is 3. The highest BCUT2D eigenvalue weighted by Crippen LogP contribution is 2.49. The van der Waals surface area contributed by atoms with E-state index in [2.05, 4.69) is 90.1 Å². The molecule has 0 saturated carbocycles. The van der Waals surface area contributed by atoms with Gasteiger partial charge in [0, 0.05) is 114 Å². The third-order valence-corrected chi connectivity index (χ3v) is 17.6. The Morgan fingerprint density at radius 1 is 0.614 bits per heavy atom. The second-order valence-electron chi connectivity index (χ2n) is 24.1. The Kier molecular flexibility index (Phi) is 22.0. The van der Waals surface area contributed by atoms with Crippen molar-refractivity contribution in [2.45, 2.75) is 89.5 Å². The first-order valence-corrected chi connectivity index (χ1v) is 31.4. The molecule has 478 valence electrons. The zero-order valence-corrected chi connectivity index (χ0v) is 51.1. The van der Waals surface area contributed by atoms with E-state index in [1.54, 1.807) is 53.8 Å². The first-order valence-electron chi connectivity index (χ1n) is 31.4. The van der Waals surface area contributed by atoms with Gasteiger partial charge < -0.3 is 46.6 Å². The molecule has 4 atom stereocenters. The average molecular weight is 1210 g/mol. The van der Waals surface area contributed by atoms with Crippen LogP contribution in [0.4, 0.5) is 35.4 Å². The van der Waals surface area contributed by atoms with Crippen LogP contribution >= 0.6 is 0 Å². The van der Waals surface area contributed by atoms with E-state index in [0.717, 1.165) is 102 Å². The SMILES string of the molecule is CC(=O)c1cc(NC(=O)NCCCN2CCC[C@@H](Cc3ccc(F)cc3)C2)cc(-c2nnnn2C)c1.Cn1nnnc1-c1cccc(NC(=O)NCCCN2CCC[C@@H](Cc3ccc(F)cc3)C2)c1.NCCCN1CC[C@H]2[C@@H](C1)c1cccc3c1N2CC3.[HH].[HH].[HH].[HH].[HH].[HH]. The summed E-state index contributed by atoms with van der Waals surface area (Å²) in [6, 6.07) is 33.3. The van der Waals surface area contributed by atoms with E-state index in [1.807, 2.05) is 48.5 Å². The first-order chi connectivity index (χ1) is 42.8. The quantitative estimate of drug-likeness (QED) is 0.0354. The van der Waals surface area contributed by atoms with E-state index in [-0.39, 0.29) is 38.0 Å². The number of aromatic nitrogens is 8. The van der Waals surface area contributed by atoms with Crippen molar-refractivity contribution in [3.8, 4) is 22.8 Å². The highest BCUT2D eigenvalue weighted by atomic mass is 19.1. The molecule has 0 spiro atoms. The highest BCUT2D eigenvalue weighted by Gasteiger charge is 2.44. The molecule has 22 heteroatoms. The van der Waals surface area contributed by atoms with Crippen LogP contribution in [0.25, 0.3) is 22.8 Å². The maximum absolute atomic E-state index is 13.2. The van der Waals surface area contributed by atoms with Crippen molar-refractivity contribution < 1.29 is 31.7 Å². The number of nitrogens with zero attached hydrogens (tertiary/aromatic N) is 12. The number of aryl methyl sites for hydroxylation is 2. The number of halogens is 2. The number of amides is 4. The molecule has 0 radical (unpaired) electrons. The maximum Gasteiger partial charge on any atom is 0.319 e. The molecule has 4 amide bonds. The van der Waals surface area contributed by atoms with Gasteiger partial charge in [-0.15, -0.1) is 10.2 Å². The number of tetrazole rings is 2. The maximum atomic E-state index is 13.2. The number of Topliss-reactive ketones (excluding diaryl/α,β-unsaturated/α-hetero) is 1. The number of nitrogens with one attached hydrogen (secondary N) is 4. The Morgan fingerprint density at radius 2 is 1.17 bits per heavy atom. The molecule has 5 aromatic carbocycles. The molecule has 7 heterocycles. The van der Waals surface area contributed by atoms with Crippen molar-refractivity contribution in [3.63, 3.8) is 0 Å². The van der Waals surface area contributed by atoms with Crippen LogP contribution in [0.2, 0.25) is 0 Å². The topological polar surface area (TPSA) is 226 Å². The normalized spacial score (nSPS) is 18.9. The van der Waals surface area contributed by atoms with Gasteiger partial charge in [0.2, 0.25) is 0 Å². The lowest BCUT2D eigenvalue weighted by molar-refractivity contribution is 0.101. The van der Waals surface area contributed by atoms with Gasteiger partial charge in [-0.3, -0.25) is 4.79 Å². The number of carbonyl (C=O) groups is 3. The van der Waals surface area contributed by atoms with Crippen LogP contribution in [0.1, 0.15) is 105 Å². The van der Waals surface area contributed by atoms with E-state index in [0.29, 0.717) is 59.1 Å². The third kappa shape index (κ3) is 17.2. The molecule has 6 N–H and O–H groups in total. The molecule has 3 saturated heterocycles. The van der Waals surface area contributed by atoms with Crippen molar-refractivity contribution in [2.75, 3.05) is 101 Å². The van der Waals surface area contributed by atoms with Crippen LogP contribution in [0, 0.1) is 23.5 Å². The number of anilines is 3. The summed E-state index contributed by atoms with van der Waals surface area (Å²) >= 11 is 0. The third-order valence-electron chi connectivity index (χ3n) is 17.6. The van der Waals surface area contributed by atoms with E-state index in [1.165, 1.54) is 105 Å². The van der Waals surface area contributed by atoms with Crippen LogP contribution in [-0.2, 0) is 33.4 Å². The minimum absolute atomic E-state index is 0. The summed E-state index contributed by atoms with van der Waals surface area (Å²) < 4.78 is 29.4. The van der Waals surface area contributed by atoms with Crippen LogP contribution in [0.3, 0.4) is 0 Å². The fourth-order valence-electron chi connectivity index (χ4n) is 13.4. The average Bonchev–Trinajstić information content (AvgIpc) is 1.58. The predicted molar refractivity (Wildman–Crippen MR) is 352 cm³/mol. The number of ketones is 1. The second kappa shape index (κ2) is 30.7. The molecule has 0 aliphatic carbocycles. The van der Waals surface area contributed by atoms with Gasteiger partial charge in [0.15, 0.2) is 17.4 Å². The summed E-state index contributed by atoms with van der Waals surface area (Å²) in [6.07, 6.45) is 12.1. The molecule has 5 aliphatic heterocycles. The lowest BCUT2D eigenvalue weighted by Gasteiger charge is -2.38. The van der Waals surface area contributed by atoms with Gasteiger partial charge in [-0.25, -0.2) is 27.7 Å². The number of piperidine rings is 3. The fraction of sp³-hybridized carbons (Fsp3) is 0.470. The van der Waals surface area contributed by atoms with Gasteiger partial charge in [-0.1, -0.05) is 54.6 Å². The number of likely N-dealkylation sites (tertiary alicyclic amines) is 3. The Hall–Kier alpha value is -8.05. The van der Waals surface area contributed by atoms with Gasteiger partial charge >= 0.3 is 12.1 Å². The Morgan fingerprint density at radius 3 is 1.75 bits per heavy atom. The fourth-order valence-corrected chi connectivity index (χ4v) is 13.4. The Bertz CT molecular complexity index is 3450. The number of hydrogen-bond acceptors (Lipinski definition) is 14. The van der Waals surface area contributed by atoms with Gasteiger partial charge in [-0.05, 0) is 226 Å². The van der Waals surface area contributed by atoms with E-state index in [9.17, 15) is 23.2 Å². The smallest absolute Gasteiger partial charge is 0.319 e. The van der Waals surface area contributed by atoms with Crippen LogP contribution in [0.15, 0.2) is 109 Å².